The third-order valence-corrected chi connectivity index (χ3v) is 3.64. The lowest BCUT2D eigenvalue weighted by Crippen LogP contribution is -2.39. The summed E-state index contributed by atoms with van der Waals surface area (Å²) in [5.74, 6) is -0.844. The molecule has 1 atom stereocenters. The molecule has 5 nitrogen and oxygen atoms in total. The topological polar surface area (TPSA) is 77.1 Å². The summed E-state index contributed by atoms with van der Waals surface area (Å²) in [6.07, 6.45) is 0.577. The van der Waals surface area contributed by atoms with Crippen LogP contribution < -0.4 is 0 Å². The largest absolute Gasteiger partial charge is 0.272 e. The van der Waals surface area contributed by atoms with Crippen molar-refractivity contribution in [2.24, 2.45) is 5.41 Å². The quantitative estimate of drug-likeness (QED) is 0.860. The first-order valence-corrected chi connectivity index (χ1v) is 6.93. The minimum Gasteiger partial charge on any atom is -0.272 e. The molecular formula is C16H16FN3O2. The molecule has 1 aromatic rings. The lowest BCUT2D eigenvalue weighted by atomic mass is 9.88. The van der Waals surface area contributed by atoms with Crippen molar-refractivity contribution in [3.05, 3.63) is 35.1 Å². The number of amides is 1. The molecule has 22 heavy (non-hydrogen) atoms. The van der Waals surface area contributed by atoms with Crippen molar-refractivity contribution in [2.45, 2.75) is 32.7 Å². The minimum atomic E-state index is -0.886. The van der Waals surface area contributed by atoms with Crippen LogP contribution in [0.1, 0.15) is 43.9 Å². The Morgan fingerprint density at radius 2 is 2.18 bits per heavy atom. The van der Waals surface area contributed by atoms with E-state index in [1.54, 1.807) is 19.9 Å². The van der Waals surface area contributed by atoms with E-state index in [0.29, 0.717) is 18.6 Å². The highest BCUT2D eigenvalue weighted by molar-refractivity contribution is 5.82. The van der Waals surface area contributed by atoms with Gasteiger partial charge in [0, 0.05) is 12.8 Å². The predicted octanol–water partition coefficient (Wildman–Crippen LogP) is 2.84. The third kappa shape index (κ3) is 3.08. The summed E-state index contributed by atoms with van der Waals surface area (Å²) in [6, 6.07) is 7.44. The third-order valence-electron chi connectivity index (χ3n) is 3.64. The normalized spacial score (nSPS) is 17.9. The molecule has 1 amide bonds. The van der Waals surface area contributed by atoms with E-state index in [2.05, 4.69) is 0 Å². The first kappa shape index (κ1) is 15.9. The van der Waals surface area contributed by atoms with Gasteiger partial charge < -0.3 is 0 Å². The van der Waals surface area contributed by atoms with E-state index in [9.17, 15) is 9.18 Å². The summed E-state index contributed by atoms with van der Waals surface area (Å²) >= 11 is 0. The molecule has 0 saturated carbocycles. The number of halogens is 1. The maximum Gasteiger partial charge on any atom is 0.253 e. The Morgan fingerprint density at radius 3 is 2.82 bits per heavy atom. The maximum absolute atomic E-state index is 13.6. The molecule has 1 aliphatic rings. The van der Waals surface area contributed by atoms with Crippen LogP contribution in [0.2, 0.25) is 0 Å². The van der Waals surface area contributed by atoms with Crippen LogP contribution in [0, 0.1) is 33.9 Å². The van der Waals surface area contributed by atoms with Crippen molar-refractivity contribution in [2.75, 3.05) is 6.61 Å². The van der Waals surface area contributed by atoms with E-state index in [1.165, 1.54) is 11.1 Å². The maximum atomic E-state index is 13.6. The second-order valence-corrected chi connectivity index (χ2v) is 5.87. The Morgan fingerprint density at radius 1 is 1.45 bits per heavy atom. The van der Waals surface area contributed by atoms with Crippen LogP contribution in [0.3, 0.4) is 0 Å². The molecule has 2 rings (SSSR count). The monoisotopic (exact) mass is 301 g/mol. The molecule has 1 aromatic carbocycles. The van der Waals surface area contributed by atoms with Gasteiger partial charge in [-0.3, -0.25) is 9.63 Å². The number of benzene rings is 1. The molecule has 0 unspecified atom stereocenters. The number of carbonyl (C=O) groups excluding carboxylic acids is 1. The fourth-order valence-electron chi connectivity index (χ4n) is 2.41. The van der Waals surface area contributed by atoms with Crippen LogP contribution >= 0.6 is 0 Å². The van der Waals surface area contributed by atoms with Gasteiger partial charge in [0.25, 0.3) is 5.91 Å². The first-order chi connectivity index (χ1) is 10.4. The van der Waals surface area contributed by atoms with E-state index in [0.717, 1.165) is 6.07 Å². The fraction of sp³-hybridized carbons (Fsp3) is 0.438. The summed E-state index contributed by atoms with van der Waals surface area (Å²) in [5.41, 5.74) is -0.163. The van der Waals surface area contributed by atoms with Gasteiger partial charge in [0.2, 0.25) is 0 Å². The number of hydrogen-bond donors (Lipinski definition) is 0. The van der Waals surface area contributed by atoms with E-state index in [1.807, 2.05) is 12.1 Å². The number of rotatable bonds is 3. The molecule has 114 valence electrons. The van der Waals surface area contributed by atoms with Crippen LogP contribution in [0.5, 0.6) is 0 Å². The minimum absolute atomic E-state index is 0.0605. The predicted molar refractivity (Wildman–Crippen MR) is 75.3 cm³/mol. The molecule has 0 aromatic heterocycles. The lowest BCUT2D eigenvalue weighted by molar-refractivity contribution is -0.186. The number of nitrogens with zero attached hydrogens (tertiary/aromatic N) is 3. The molecule has 1 fully saturated rings. The van der Waals surface area contributed by atoms with Gasteiger partial charge in [-0.2, -0.15) is 10.5 Å². The van der Waals surface area contributed by atoms with Gasteiger partial charge in [-0.1, -0.05) is 0 Å². The zero-order valence-corrected chi connectivity index (χ0v) is 12.5. The van der Waals surface area contributed by atoms with Crippen molar-refractivity contribution in [1.29, 1.82) is 10.5 Å². The second kappa shape index (κ2) is 6.13. The van der Waals surface area contributed by atoms with Gasteiger partial charge in [-0.05, 0) is 37.6 Å². The average Bonchev–Trinajstić information content (AvgIpc) is 2.94. The number of hydrogen-bond acceptors (Lipinski definition) is 4. The van der Waals surface area contributed by atoms with E-state index in [-0.39, 0.29) is 17.9 Å². The summed E-state index contributed by atoms with van der Waals surface area (Å²) in [5, 5.41) is 19.0. The van der Waals surface area contributed by atoms with Gasteiger partial charge in [-0.25, -0.2) is 9.45 Å². The van der Waals surface area contributed by atoms with Gasteiger partial charge in [0.05, 0.1) is 35.8 Å². The fourth-order valence-corrected chi connectivity index (χ4v) is 2.41. The lowest BCUT2D eigenvalue weighted by Gasteiger charge is -2.30. The summed E-state index contributed by atoms with van der Waals surface area (Å²) in [4.78, 5) is 18.0. The number of carbonyl (C=O) groups is 1. The first-order valence-electron chi connectivity index (χ1n) is 6.93. The van der Waals surface area contributed by atoms with Gasteiger partial charge >= 0.3 is 0 Å². The summed E-state index contributed by atoms with van der Waals surface area (Å²) in [6.45, 7) is 3.67. The van der Waals surface area contributed by atoms with Gasteiger partial charge in [0.1, 0.15) is 5.82 Å². The van der Waals surface area contributed by atoms with E-state index in [4.69, 9.17) is 15.4 Å². The molecule has 0 aliphatic carbocycles. The highest BCUT2D eigenvalue weighted by Gasteiger charge is 2.40. The molecule has 1 saturated heterocycles. The van der Waals surface area contributed by atoms with Crippen molar-refractivity contribution in [3.8, 4) is 12.1 Å². The highest BCUT2D eigenvalue weighted by Crippen LogP contribution is 2.35. The SMILES string of the molecule is CC(C)(CC#N)C(=O)N1OCC[C@H]1c1cc(F)cc(C#N)c1. The standard InChI is InChI=1S/C16H16FN3O2/c1-16(2,4-5-18)15(21)20-14(3-6-22-20)12-7-11(10-19)8-13(17)9-12/h7-9,14H,3-4,6H2,1-2H3/t14-/m0/s1. The average molecular weight is 301 g/mol. The summed E-state index contributed by atoms with van der Waals surface area (Å²) in [7, 11) is 0. The van der Waals surface area contributed by atoms with Crippen LogP contribution in [0.25, 0.3) is 0 Å². The Labute approximate surface area is 128 Å². The molecule has 1 heterocycles. The van der Waals surface area contributed by atoms with Crippen molar-refractivity contribution >= 4 is 5.91 Å². The second-order valence-electron chi connectivity index (χ2n) is 5.87. The zero-order valence-electron chi connectivity index (χ0n) is 12.5. The molecular weight excluding hydrogens is 285 g/mol. The van der Waals surface area contributed by atoms with Crippen LogP contribution in [0.4, 0.5) is 4.39 Å². The molecule has 1 aliphatic heterocycles. The van der Waals surface area contributed by atoms with E-state index < -0.39 is 17.3 Å². The molecule has 0 N–H and O–H groups in total. The van der Waals surface area contributed by atoms with Crippen LogP contribution in [-0.2, 0) is 9.63 Å². The Hall–Kier alpha value is -2.44. The van der Waals surface area contributed by atoms with Crippen molar-refractivity contribution < 1.29 is 14.0 Å². The molecule has 0 bridgehead atoms. The van der Waals surface area contributed by atoms with Crippen LogP contribution in [-0.4, -0.2) is 17.6 Å². The number of nitriles is 2. The van der Waals surface area contributed by atoms with Gasteiger partial charge in [0.15, 0.2) is 0 Å². The Balaban J connectivity index is 2.32. The Kier molecular flexibility index (Phi) is 4.44. The van der Waals surface area contributed by atoms with E-state index >= 15 is 0 Å². The van der Waals surface area contributed by atoms with Crippen LogP contribution in [0.15, 0.2) is 18.2 Å². The molecule has 0 radical (unpaired) electrons. The van der Waals surface area contributed by atoms with Crippen molar-refractivity contribution in [1.82, 2.24) is 5.06 Å². The zero-order chi connectivity index (χ0) is 16.3. The molecule has 6 heteroatoms. The van der Waals surface area contributed by atoms with Crippen molar-refractivity contribution in [3.63, 3.8) is 0 Å². The van der Waals surface area contributed by atoms with Gasteiger partial charge in [-0.15, -0.1) is 0 Å². The molecule has 0 spiro atoms. The highest BCUT2D eigenvalue weighted by atomic mass is 19.1. The smallest absolute Gasteiger partial charge is 0.253 e. The number of hydroxylamine groups is 2. The summed E-state index contributed by atoms with van der Waals surface area (Å²) < 4.78 is 13.6. The Bertz CT molecular complexity index is 673.